The van der Waals surface area contributed by atoms with Gasteiger partial charge in [0.2, 0.25) is 0 Å². The largest absolute Gasteiger partial charge is 0.378 e. The average Bonchev–Trinajstić information content (AvgIpc) is 3.09. The van der Waals surface area contributed by atoms with Crippen molar-refractivity contribution in [3.8, 4) is 0 Å². The average molecular weight is 266 g/mol. The van der Waals surface area contributed by atoms with Crippen LogP contribution in [0.3, 0.4) is 0 Å². The van der Waals surface area contributed by atoms with Gasteiger partial charge >= 0.3 is 0 Å². The minimum Gasteiger partial charge on any atom is -0.378 e. The Morgan fingerprint density at radius 2 is 2.22 bits per heavy atom. The standard InChI is InChI=1S/C14H20ClN3/c1-9-5-6-16-14(15)13(9)17-11-7-10(2)18(8-11)12-3-4-12/h5-6,10-12,17H,3-4,7-8H2,1-2H3. The fraction of sp³-hybridized carbons (Fsp3) is 0.643. The zero-order chi connectivity index (χ0) is 12.7. The molecular weight excluding hydrogens is 246 g/mol. The molecule has 2 fully saturated rings. The number of aryl methyl sites for hydroxylation is 1. The summed E-state index contributed by atoms with van der Waals surface area (Å²) in [5.74, 6) is 0. The lowest BCUT2D eigenvalue weighted by atomic mass is 10.1. The monoisotopic (exact) mass is 265 g/mol. The summed E-state index contributed by atoms with van der Waals surface area (Å²) in [6, 6.07) is 4.04. The lowest BCUT2D eigenvalue weighted by molar-refractivity contribution is 0.257. The normalized spacial score (nSPS) is 28.6. The molecular formula is C14H20ClN3. The van der Waals surface area contributed by atoms with Crippen molar-refractivity contribution >= 4 is 17.3 Å². The van der Waals surface area contributed by atoms with Crippen LogP contribution in [0.25, 0.3) is 0 Å². The fourth-order valence-corrected chi connectivity index (χ4v) is 3.24. The summed E-state index contributed by atoms with van der Waals surface area (Å²) in [7, 11) is 0. The zero-order valence-electron chi connectivity index (χ0n) is 11.0. The number of hydrogen-bond acceptors (Lipinski definition) is 3. The number of anilines is 1. The van der Waals surface area contributed by atoms with Crippen LogP contribution in [0.2, 0.25) is 5.15 Å². The highest BCUT2D eigenvalue weighted by atomic mass is 35.5. The summed E-state index contributed by atoms with van der Waals surface area (Å²) in [6.45, 7) is 5.54. The molecule has 1 aromatic heterocycles. The summed E-state index contributed by atoms with van der Waals surface area (Å²) >= 11 is 6.17. The Morgan fingerprint density at radius 3 is 2.89 bits per heavy atom. The van der Waals surface area contributed by atoms with E-state index in [2.05, 4.69) is 29.0 Å². The van der Waals surface area contributed by atoms with Gasteiger partial charge in [-0.05, 0) is 44.7 Å². The molecule has 1 N–H and O–H groups in total. The van der Waals surface area contributed by atoms with E-state index in [0.29, 0.717) is 17.2 Å². The Hall–Kier alpha value is -0.800. The first-order valence-corrected chi connectivity index (χ1v) is 7.16. The molecule has 2 unspecified atom stereocenters. The minimum atomic E-state index is 0.501. The van der Waals surface area contributed by atoms with Crippen LogP contribution in [-0.2, 0) is 0 Å². The number of hydrogen-bond donors (Lipinski definition) is 1. The minimum absolute atomic E-state index is 0.501. The summed E-state index contributed by atoms with van der Waals surface area (Å²) in [4.78, 5) is 6.79. The lowest BCUT2D eigenvalue weighted by Gasteiger charge is -2.20. The highest BCUT2D eigenvalue weighted by Gasteiger charge is 2.38. The highest BCUT2D eigenvalue weighted by Crippen LogP contribution is 2.35. The zero-order valence-corrected chi connectivity index (χ0v) is 11.7. The Morgan fingerprint density at radius 1 is 1.44 bits per heavy atom. The van der Waals surface area contributed by atoms with Crippen LogP contribution in [0.4, 0.5) is 5.69 Å². The summed E-state index contributed by atoms with van der Waals surface area (Å²) in [6.07, 6.45) is 5.71. The molecule has 1 aromatic rings. The Kier molecular flexibility index (Phi) is 3.20. The molecule has 18 heavy (non-hydrogen) atoms. The van der Waals surface area contributed by atoms with Crippen molar-refractivity contribution in [3.63, 3.8) is 0 Å². The third-order valence-corrected chi connectivity index (χ3v) is 4.39. The molecule has 0 amide bonds. The predicted octanol–water partition coefficient (Wildman–Crippen LogP) is 3.08. The maximum absolute atomic E-state index is 6.17. The number of rotatable bonds is 3. The van der Waals surface area contributed by atoms with Gasteiger partial charge in [0.05, 0.1) is 5.69 Å². The maximum Gasteiger partial charge on any atom is 0.152 e. The van der Waals surface area contributed by atoms with Gasteiger partial charge in [0.25, 0.3) is 0 Å². The molecule has 98 valence electrons. The second-order valence-electron chi connectivity index (χ2n) is 5.65. The molecule has 3 nitrogen and oxygen atoms in total. The number of nitrogens with zero attached hydrogens (tertiary/aromatic N) is 2. The second kappa shape index (κ2) is 4.71. The van der Waals surface area contributed by atoms with Crippen LogP contribution in [0, 0.1) is 6.92 Å². The number of nitrogens with one attached hydrogen (secondary N) is 1. The van der Waals surface area contributed by atoms with Crippen molar-refractivity contribution in [2.24, 2.45) is 0 Å². The summed E-state index contributed by atoms with van der Waals surface area (Å²) < 4.78 is 0. The predicted molar refractivity (Wildman–Crippen MR) is 75.2 cm³/mol. The smallest absolute Gasteiger partial charge is 0.152 e. The van der Waals surface area contributed by atoms with Gasteiger partial charge in [-0.3, -0.25) is 4.90 Å². The van der Waals surface area contributed by atoms with Crippen LogP contribution in [-0.4, -0.2) is 34.6 Å². The molecule has 0 aromatic carbocycles. The highest BCUT2D eigenvalue weighted by molar-refractivity contribution is 6.32. The van der Waals surface area contributed by atoms with Gasteiger partial charge in [-0.15, -0.1) is 0 Å². The van der Waals surface area contributed by atoms with Crippen molar-refractivity contribution in [1.29, 1.82) is 0 Å². The Labute approximate surface area is 114 Å². The van der Waals surface area contributed by atoms with Crippen LogP contribution in [0.1, 0.15) is 31.7 Å². The molecule has 4 heteroatoms. The second-order valence-corrected chi connectivity index (χ2v) is 6.01. The van der Waals surface area contributed by atoms with Crippen molar-refractivity contribution in [2.45, 2.75) is 51.2 Å². The Balaban J connectivity index is 1.70. The SMILES string of the molecule is Cc1ccnc(Cl)c1NC1CC(C)N(C2CC2)C1. The van der Waals surface area contributed by atoms with E-state index >= 15 is 0 Å². The fourth-order valence-electron chi connectivity index (χ4n) is 2.98. The van der Waals surface area contributed by atoms with Gasteiger partial charge in [0.1, 0.15) is 0 Å². The first-order valence-electron chi connectivity index (χ1n) is 6.78. The number of halogens is 1. The van der Waals surface area contributed by atoms with Crippen LogP contribution >= 0.6 is 11.6 Å². The van der Waals surface area contributed by atoms with Crippen molar-refractivity contribution in [3.05, 3.63) is 23.0 Å². The maximum atomic E-state index is 6.17. The van der Waals surface area contributed by atoms with E-state index in [1.54, 1.807) is 6.20 Å². The molecule has 0 radical (unpaired) electrons. The molecule has 2 atom stereocenters. The van der Waals surface area contributed by atoms with E-state index in [4.69, 9.17) is 11.6 Å². The van der Waals surface area contributed by atoms with Crippen LogP contribution in [0.15, 0.2) is 12.3 Å². The molecule has 3 rings (SSSR count). The molecule has 0 bridgehead atoms. The van der Waals surface area contributed by atoms with Gasteiger partial charge in [-0.1, -0.05) is 11.6 Å². The van der Waals surface area contributed by atoms with Crippen molar-refractivity contribution in [2.75, 3.05) is 11.9 Å². The molecule has 1 saturated heterocycles. The van der Waals surface area contributed by atoms with Crippen molar-refractivity contribution in [1.82, 2.24) is 9.88 Å². The summed E-state index contributed by atoms with van der Waals surface area (Å²) in [5, 5.41) is 4.17. The molecule has 1 aliphatic carbocycles. The first-order chi connectivity index (χ1) is 8.65. The van der Waals surface area contributed by atoms with Gasteiger partial charge in [-0.25, -0.2) is 4.98 Å². The Bertz CT molecular complexity index is 424. The van der Waals surface area contributed by atoms with E-state index in [-0.39, 0.29) is 0 Å². The first kappa shape index (κ1) is 12.2. The van der Waals surface area contributed by atoms with Gasteiger partial charge in [0, 0.05) is 30.9 Å². The molecule has 2 aliphatic rings. The number of likely N-dealkylation sites (tertiary alicyclic amines) is 1. The lowest BCUT2D eigenvalue weighted by Crippen LogP contribution is -2.31. The van der Waals surface area contributed by atoms with Gasteiger partial charge < -0.3 is 5.32 Å². The molecule has 1 aliphatic heterocycles. The van der Waals surface area contributed by atoms with Crippen LogP contribution in [0.5, 0.6) is 0 Å². The molecule has 2 heterocycles. The van der Waals surface area contributed by atoms with Gasteiger partial charge in [0.15, 0.2) is 5.15 Å². The van der Waals surface area contributed by atoms with Gasteiger partial charge in [-0.2, -0.15) is 0 Å². The van der Waals surface area contributed by atoms with E-state index in [0.717, 1.165) is 18.3 Å². The molecule has 1 saturated carbocycles. The van der Waals surface area contributed by atoms with Crippen molar-refractivity contribution < 1.29 is 0 Å². The van der Waals surface area contributed by atoms with E-state index < -0.39 is 0 Å². The quantitative estimate of drug-likeness (QED) is 0.852. The topological polar surface area (TPSA) is 28.2 Å². The number of aromatic nitrogens is 1. The van der Waals surface area contributed by atoms with Crippen LogP contribution < -0.4 is 5.32 Å². The molecule has 0 spiro atoms. The van der Waals surface area contributed by atoms with E-state index in [1.807, 2.05) is 6.07 Å². The summed E-state index contributed by atoms with van der Waals surface area (Å²) in [5.41, 5.74) is 2.18. The third-order valence-electron chi connectivity index (χ3n) is 4.10. The van der Waals surface area contributed by atoms with E-state index in [9.17, 15) is 0 Å². The third kappa shape index (κ3) is 2.34. The number of pyridine rings is 1. The van der Waals surface area contributed by atoms with E-state index in [1.165, 1.54) is 24.8 Å².